The van der Waals surface area contributed by atoms with Crippen molar-refractivity contribution in [2.75, 3.05) is 13.1 Å². The smallest absolute Gasteiger partial charge is 0.410 e. The van der Waals surface area contributed by atoms with E-state index >= 15 is 0 Å². The van der Waals surface area contributed by atoms with Crippen molar-refractivity contribution in [2.24, 2.45) is 0 Å². The van der Waals surface area contributed by atoms with Crippen LogP contribution in [0.5, 0.6) is 0 Å². The number of carbonyl (C=O) groups is 1. The van der Waals surface area contributed by atoms with Crippen LogP contribution in [0, 0.1) is 0 Å². The Balaban J connectivity index is 1.49. The van der Waals surface area contributed by atoms with E-state index < -0.39 is 11.6 Å². The second-order valence-electron chi connectivity index (χ2n) is 8.22. The number of nitrogens with zero attached hydrogens (tertiary/aromatic N) is 1. The van der Waals surface area contributed by atoms with Gasteiger partial charge in [0.15, 0.2) is 11.6 Å². The monoisotopic (exact) mass is 377 g/mol. The van der Waals surface area contributed by atoms with Crippen molar-refractivity contribution in [3.63, 3.8) is 0 Å². The van der Waals surface area contributed by atoms with E-state index in [1.54, 1.807) is 4.90 Å². The first-order chi connectivity index (χ1) is 12.7. The van der Waals surface area contributed by atoms with Gasteiger partial charge >= 0.3 is 6.09 Å². The topological polar surface area (TPSA) is 66.5 Å². The van der Waals surface area contributed by atoms with Gasteiger partial charge in [-0.2, -0.15) is 0 Å². The minimum Gasteiger partial charge on any atom is -0.445 e. The van der Waals surface area contributed by atoms with Gasteiger partial charge in [-0.15, -0.1) is 0 Å². The molecule has 0 N–H and O–H groups in total. The highest BCUT2D eigenvalue weighted by atomic mass is 16.8. The zero-order valence-electron chi connectivity index (χ0n) is 16.2. The van der Waals surface area contributed by atoms with E-state index in [-0.39, 0.29) is 37.1 Å². The Bertz CT molecular complexity index is 659. The zero-order chi connectivity index (χ0) is 19.2. The second kappa shape index (κ2) is 6.74. The highest BCUT2D eigenvalue weighted by Gasteiger charge is 2.56. The van der Waals surface area contributed by atoms with Crippen molar-refractivity contribution in [1.29, 1.82) is 0 Å². The lowest BCUT2D eigenvalue weighted by molar-refractivity contribution is -0.175. The number of likely N-dealkylation sites (tertiary alicyclic amines) is 1. The van der Waals surface area contributed by atoms with Crippen LogP contribution in [0.4, 0.5) is 4.79 Å². The lowest BCUT2D eigenvalue weighted by atomic mass is 10.1. The van der Waals surface area contributed by atoms with Gasteiger partial charge in [0.05, 0.1) is 13.1 Å². The SMILES string of the molecule is CC1(C)O[C@H]2[C@@H]3OC(C)(C)O[C@@H]3CN(C(=O)OCc3ccccc3)C[C@H]2O1. The molecule has 0 unspecified atom stereocenters. The Labute approximate surface area is 159 Å². The predicted molar refractivity (Wildman–Crippen MR) is 95.9 cm³/mol. The van der Waals surface area contributed by atoms with Gasteiger partial charge in [-0.25, -0.2) is 4.79 Å². The molecule has 4 rings (SSSR count). The first-order valence-corrected chi connectivity index (χ1v) is 9.39. The molecule has 0 aliphatic carbocycles. The number of hydrogen-bond acceptors (Lipinski definition) is 6. The number of carbonyl (C=O) groups excluding carboxylic acids is 1. The molecule has 1 amide bonds. The fourth-order valence-corrected chi connectivity index (χ4v) is 4.03. The molecule has 7 heteroatoms. The summed E-state index contributed by atoms with van der Waals surface area (Å²) < 4.78 is 29.8. The Morgan fingerprint density at radius 1 is 0.963 bits per heavy atom. The number of rotatable bonds is 2. The standard InChI is InChI=1S/C20H27NO6/c1-19(2)24-14-10-21(18(22)23-12-13-8-6-5-7-9-13)11-15-17(16(14)26-19)27-20(3,4)25-15/h5-9,14-17H,10-12H2,1-4H3/t14-,15-,16-,17-/m1/s1. The van der Waals surface area contributed by atoms with Crippen LogP contribution in [-0.2, 0) is 30.3 Å². The Kier molecular flexibility index (Phi) is 4.66. The summed E-state index contributed by atoms with van der Waals surface area (Å²) in [6.45, 7) is 8.46. The Hall–Kier alpha value is -1.67. The van der Waals surface area contributed by atoms with Crippen LogP contribution in [-0.4, -0.2) is 60.1 Å². The Morgan fingerprint density at radius 2 is 1.48 bits per heavy atom. The van der Waals surface area contributed by atoms with Gasteiger partial charge in [0.2, 0.25) is 0 Å². The molecular weight excluding hydrogens is 350 g/mol. The van der Waals surface area contributed by atoms with Gasteiger partial charge in [0.25, 0.3) is 0 Å². The van der Waals surface area contributed by atoms with Crippen molar-refractivity contribution in [1.82, 2.24) is 4.90 Å². The van der Waals surface area contributed by atoms with E-state index in [0.29, 0.717) is 13.1 Å². The summed E-state index contributed by atoms with van der Waals surface area (Å²) in [5, 5.41) is 0. The van der Waals surface area contributed by atoms with E-state index in [1.165, 1.54) is 0 Å². The third-order valence-electron chi connectivity index (χ3n) is 5.03. The lowest BCUT2D eigenvalue weighted by Crippen LogP contribution is -2.42. The normalized spacial score (nSPS) is 33.9. The summed E-state index contributed by atoms with van der Waals surface area (Å²) in [6, 6.07) is 9.62. The molecule has 3 fully saturated rings. The van der Waals surface area contributed by atoms with Crippen LogP contribution < -0.4 is 0 Å². The number of benzene rings is 1. The molecule has 0 radical (unpaired) electrons. The zero-order valence-corrected chi connectivity index (χ0v) is 16.2. The van der Waals surface area contributed by atoms with Crippen LogP contribution in [0.15, 0.2) is 30.3 Å². The minimum atomic E-state index is -0.729. The van der Waals surface area contributed by atoms with Gasteiger partial charge < -0.3 is 28.6 Å². The van der Waals surface area contributed by atoms with E-state index in [0.717, 1.165) is 5.56 Å². The number of hydrogen-bond donors (Lipinski definition) is 0. The molecule has 4 atom stereocenters. The maximum Gasteiger partial charge on any atom is 0.410 e. The summed E-state index contributed by atoms with van der Waals surface area (Å²) in [5.74, 6) is -1.46. The van der Waals surface area contributed by atoms with Crippen LogP contribution in [0.2, 0.25) is 0 Å². The average Bonchev–Trinajstić information content (AvgIpc) is 3.03. The largest absolute Gasteiger partial charge is 0.445 e. The lowest BCUT2D eigenvalue weighted by Gasteiger charge is -2.26. The summed E-state index contributed by atoms with van der Waals surface area (Å²) in [7, 11) is 0. The summed E-state index contributed by atoms with van der Waals surface area (Å²) >= 11 is 0. The first-order valence-electron chi connectivity index (χ1n) is 9.39. The molecule has 1 aromatic rings. The van der Waals surface area contributed by atoms with Crippen molar-refractivity contribution >= 4 is 6.09 Å². The van der Waals surface area contributed by atoms with E-state index in [1.807, 2.05) is 58.0 Å². The van der Waals surface area contributed by atoms with Crippen LogP contribution in [0.25, 0.3) is 0 Å². The summed E-state index contributed by atoms with van der Waals surface area (Å²) in [4.78, 5) is 14.4. The molecule has 3 aliphatic heterocycles. The molecule has 148 valence electrons. The summed E-state index contributed by atoms with van der Waals surface area (Å²) in [5.41, 5.74) is 0.944. The van der Waals surface area contributed by atoms with Gasteiger partial charge in [-0.3, -0.25) is 0 Å². The van der Waals surface area contributed by atoms with E-state index in [4.69, 9.17) is 23.7 Å². The molecule has 3 heterocycles. The second-order valence-corrected chi connectivity index (χ2v) is 8.22. The molecule has 0 spiro atoms. The van der Waals surface area contributed by atoms with Crippen LogP contribution in [0.3, 0.4) is 0 Å². The van der Waals surface area contributed by atoms with Gasteiger partial charge in [0, 0.05) is 0 Å². The maximum absolute atomic E-state index is 12.7. The highest BCUT2D eigenvalue weighted by Crippen LogP contribution is 2.40. The molecule has 0 aromatic heterocycles. The molecule has 1 aromatic carbocycles. The Morgan fingerprint density at radius 3 is 2.00 bits per heavy atom. The first kappa shape index (κ1) is 18.7. The molecule has 27 heavy (non-hydrogen) atoms. The van der Waals surface area contributed by atoms with Gasteiger partial charge in [0.1, 0.15) is 31.0 Å². The molecule has 0 saturated carbocycles. The molecule has 3 aliphatic rings. The molecule has 7 nitrogen and oxygen atoms in total. The van der Waals surface area contributed by atoms with Crippen LogP contribution >= 0.6 is 0 Å². The van der Waals surface area contributed by atoms with E-state index in [9.17, 15) is 4.79 Å². The third kappa shape index (κ3) is 3.96. The van der Waals surface area contributed by atoms with Gasteiger partial charge in [-0.1, -0.05) is 30.3 Å². The number of fused-ring (bicyclic) bond motifs is 3. The number of amides is 1. The number of ether oxygens (including phenoxy) is 5. The minimum absolute atomic E-state index is 0.226. The van der Waals surface area contributed by atoms with Crippen molar-refractivity contribution in [3.05, 3.63) is 35.9 Å². The van der Waals surface area contributed by atoms with Gasteiger partial charge in [-0.05, 0) is 33.3 Å². The fourth-order valence-electron chi connectivity index (χ4n) is 4.03. The quantitative estimate of drug-likeness (QED) is 0.790. The van der Waals surface area contributed by atoms with E-state index in [2.05, 4.69) is 0 Å². The molecule has 3 saturated heterocycles. The van der Waals surface area contributed by atoms with Crippen molar-refractivity contribution < 1.29 is 28.5 Å². The fraction of sp³-hybridized carbons (Fsp3) is 0.650. The highest BCUT2D eigenvalue weighted by molar-refractivity contribution is 5.68. The average molecular weight is 377 g/mol. The predicted octanol–water partition coefficient (Wildman–Crippen LogP) is 2.68. The molecular formula is C20H27NO6. The summed E-state index contributed by atoms with van der Waals surface area (Å²) in [6.07, 6.45) is -1.56. The van der Waals surface area contributed by atoms with Crippen molar-refractivity contribution in [3.8, 4) is 0 Å². The third-order valence-corrected chi connectivity index (χ3v) is 5.03. The molecule has 0 bridgehead atoms. The van der Waals surface area contributed by atoms with Crippen LogP contribution in [0.1, 0.15) is 33.3 Å². The maximum atomic E-state index is 12.7. The van der Waals surface area contributed by atoms with Crippen molar-refractivity contribution in [2.45, 2.75) is 70.3 Å².